The second-order valence-corrected chi connectivity index (χ2v) is 6.14. The van der Waals surface area contributed by atoms with Gasteiger partial charge in [-0.25, -0.2) is 9.78 Å². The number of fused-ring (bicyclic) bond motifs is 1. The summed E-state index contributed by atoms with van der Waals surface area (Å²) in [6.45, 7) is 6.47. The fourth-order valence-electron chi connectivity index (χ4n) is 2.74. The van der Waals surface area contributed by atoms with Crippen LogP contribution >= 0.6 is 11.3 Å². The van der Waals surface area contributed by atoms with E-state index >= 15 is 0 Å². The van der Waals surface area contributed by atoms with Crippen molar-refractivity contribution in [2.75, 3.05) is 6.61 Å². The van der Waals surface area contributed by atoms with Crippen molar-refractivity contribution in [3.8, 4) is 17.0 Å². The second-order valence-electron chi connectivity index (χ2n) is 5.16. The van der Waals surface area contributed by atoms with Crippen LogP contribution in [0.2, 0.25) is 0 Å². The summed E-state index contributed by atoms with van der Waals surface area (Å²) >= 11 is 1.22. The first-order valence-corrected chi connectivity index (χ1v) is 8.35. The van der Waals surface area contributed by atoms with Gasteiger partial charge in [-0.05, 0) is 44.5 Å². The molecule has 0 saturated heterocycles. The molecule has 0 bridgehead atoms. The highest BCUT2D eigenvalue weighted by molar-refractivity contribution is 7.19. The fourth-order valence-corrected chi connectivity index (χ4v) is 3.73. The van der Waals surface area contributed by atoms with Crippen LogP contribution in [0.1, 0.15) is 34.9 Å². The van der Waals surface area contributed by atoms with E-state index in [1.165, 1.54) is 11.3 Å². The lowest BCUT2D eigenvalue weighted by atomic mass is 10.1. The van der Waals surface area contributed by atoms with Gasteiger partial charge < -0.3 is 9.84 Å². The molecule has 3 aromatic rings. The number of ether oxygens (including phenoxy) is 1. The summed E-state index contributed by atoms with van der Waals surface area (Å²) in [4.78, 5) is 17.0. The zero-order valence-electron chi connectivity index (χ0n) is 13.3. The molecule has 1 aromatic carbocycles. The normalized spacial score (nSPS) is 11.1. The predicted molar refractivity (Wildman–Crippen MR) is 90.7 cm³/mol. The van der Waals surface area contributed by atoms with Gasteiger partial charge in [-0.1, -0.05) is 18.3 Å². The minimum atomic E-state index is -0.900. The molecule has 0 spiro atoms. The van der Waals surface area contributed by atoms with Crippen LogP contribution in [-0.4, -0.2) is 27.1 Å². The Morgan fingerprint density at radius 1 is 1.30 bits per heavy atom. The molecule has 0 saturated carbocycles. The summed E-state index contributed by atoms with van der Waals surface area (Å²) in [5, 5.41) is 9.27. The Hall–Kier alpha value is -2.34. The number of imidazole rings is 1. The van der Waals surface area contributed by atoms with Crippen molar-refractivity contribution in [3.05, 3.63) is 40.5 Å². The van der Waals surface area contributed by atoms with Gasteiger partial charge in [0.25, 0.3) is 0 Å². The summed E-state index contributed by atoms with van der Waals surface area (Å²) in [7, 11) is 0. The van der Waals surface area contributed by atoms with E-state index in [1.54, 1.807) is 0 Å². The Bertz CT molecular complexity index is 862. The summed E-state index contributed by atoms with van der Waals surface area (Å²) < 4.78 is 7.43. The van der Waals surface area contributed by atoms with Crippen molar-refractivity contribution >= 4 is 22.3 Å². The van der Waals surface area contributed by atoms with Crippen LogP contribution in [0.4, 0.5) is 0 Å². The van der Waals surface area contributed by atoms with Gasteiger partial charge in [0.15, 0.2) is 4.96 Å². The Morgan fingerprint density at radius 2 is 2.00 bits per heavy atom. The first kappa shape index (κ1) is 15.6. The lowest BCUT2D eigenvalue weighted by Gasteiger charge is -2.06. The summed E-state index contributed by atoms with van der Waals surface area (Å²) in [6.07, 6.45) is 0.778. The molecule has 2 heterocycles. The third-order valence-electron chi connectivity index (χ3n) is 3.77. The molecule has 0 atom stereocenters. The highest BCUT2D eigenvalue weighted by Gasteiger charge is 2.21. The number of thiazole rings is 1. The third kappa shape index (κ3) is 2.59. The number of carboxylic acids is 1. The first-order valence-electron chi connectivity index (χ1n) is 7.54. The molecule has 1 N–H and O–H groups in total. The zero-order chi connectivity index (χ0) is 16.6. The number of aryl methyl sites for hydroxylation is 2. The Labute approximate surface area is 138 Å². The number of aromatic carboxylic acids is 1. The number of carbonyl (C=O) groups is 1. The number of aromatic nitrogens is 2. The smallest absolute Gasteiger partial charge is 0.347 e. The van der Waals surface area contributed by atoms with Crippen LogP contribution < -0.4 is 4.74 Å². The monoisotopic (exact) mass is 330 g/mol. The molecule has 120 valence electrons. The molecular formula is C17H18N2O3S. The van der Waals surface area contributed by atoms with Crippen LogP contribution in [0.25, 0.3) is 16.2 Å². The minimum absolute atomic E-state index is 0.348. The van der Waals surface area contributed by atoms with Gasteiger partial charge in [0, 0.05) is 11.3 Å². The maximum absolute atomic E-state index is 11.3. The van der Waals surface area contributed by atoms with Crippen molar-refractivity contribution in [2.45, 2.75) is 27.2 Å². The number of nitrogens with zero attached hydrogens (tertiary/aromatic N) is 2. The molecule has 3 rings (SSSR count). The molecule has 0 aliphatic heterocycles. The van der Waals surface area contributed by atoms with Gasteiger partial charge in [-0.15, -0.1) is 0 Å². The summed E-state index contributed by atoms with van der Waals surface area (Å²) in [5.41, 5.74) is 3.68. The van der Waals surface area contributed by atoms with Gasteiger partial charge >= 0.3 is 5.97 Å². The maximum Gasteiger partial charge on any atom is 0.347 e. The maximum atomic E-state index is 11.3. The molecule has 5 nitrogen and oxygen atoms in total. The molecule has 2 aromatic heterocycles. The molecule has 0 aliphatic carbocycles. The number of hydrogen-bond acceptors (Lipinski definition) is 4. The highest BCUT2D eigenvalue weighted by Crippen LogP contribution is 2.32. The van der Waals surface area contributed by atoms with Crippen molar-refractivity contribution in [2.24, 2.45) is 0 Å². The van der Waals surface area contributed by atoms with Gasteiger partial charge in [-0.2, -0.15) is 0 Å². The first-order chi connectivity index (χ1) is 11.1. The molecule has 0 amide bonds. The molecular weight excluding hydrogens is 312 g/mol. The van der Waals surface area contributed by atoms with Crippen LogP contribution in [0.3, 0.4) is 0 Å². The molecule has 0 radical (unpaired) electrons. The topological polar surface area (TPSA) is 63.8 Å². The second kappa shape index (κ2) is 6.04. The van der Waals surface area contributed by atoms with Gasteiger partial charge in [0.05, 0.1) is 18.0 Å². The number of carboxylic acid groups (broad SMARTS) is 1. The molecule has 6 heteroatoms. The number of rotatable bonds is 5. The summed E-state index contributed by atoms with van der Waals surface area (Å²) in [6, 6.07) is 7.84. The van der Waals surface area contributed by atoms with E-state index in [-0.39, 0.29) is 0 Å². The zero-order valence-corrected chi connectivity index (χ0v) is 14.1. The molecule has 23 heavy (non-hydrogen) atoms. The van der Waals surface area contributed by atoms with E-state index in [9.17, 15) is 9.90 Å². The van der Waals surface area contributed by atoms with Crippen molar-refractivity contribution in [1.29, 1.82) is 0 Å². The van der Waals surface area contributed by atoms with Crippen LogP contribution in [-0.2, 0) is 6.42 Å². The van der Waals surface area contributed by atoms with Crippen molar-refractivity contribution in [1.82, 2.24) is 9.38 Å². The largest absolute Gasteiger partial charge is 0.494 e. The Morgan fingerprint density at radius 3 is 2.57 bits per heavy atom. The van der Waals surface area contributed by atoms with Crippen LogP contribution in [0, 0.1) is 6.92 Å². The average Bonchev–Trinajstić information content (AvgIpc) is 3.05. The van der Waals surface area contributed by atoms with Gasteiger partial charge in [0.2, 0.25) is 0 Å². The van der Waals surface area contributed by atoms with E-state index in [2.05, 4.69) is 11.9 Å². The van der Waals surface area contributed by atoms with Crippen molar-refractivity contribution < 1.29 is 14.6 Å². The minimum Gasteiger partial charge on any atom is -0.494 e. The Kier molecular flexibility index (Phi) is 4.09. The van der Waals surface area contributed by atoms with E-state index in [0.29, 0.717) is 11.5 Å². The van der Waals surface area contributed by atoms with Crippen molar-refractivity contribution in [3.63, 3.8) is 0 Å². The predicted octanol–water partition coefficient (Wildman–Crippen LogP) is 4.03. The highest BCUT2D eigenvalue weighted by atomic mass is 32.1. The number of benzene rings is 1. The van der Waals surface area contributed by atoms with E-state index in [1.807, 2.05) is 42.5 Å². The van der Waals surface area contributed by atoms with Crippen LogP contribution in [0.15, 0.2) is 24.3 Å². The lowest BCUT2D eigenvalue weighted by Crippen LogP contribution is -2.00. The van der Waals surface area contributed by atoms with Crippen LogP contribution in [0.5, 0.6) is 5.75 Å². The quantitative estimate of drug-likeness (QED) is 0.767. The average molecular weight is 330 g/mol. The summed E-state index contributed by atoms with van der Waals surface area (Å²) in [5.74, 6) is -0.0673. The number of hydrogen-bond donors (Lipinski definition) is 1. The van der Waals surface area contributed by atoms with Gasteiger partial charge in [0.1, 0.15) is 10.6 Å². The third-order valence-corrected chi connectivity index (χ3v) is 4.90. The van der Waals surface area contributed by atoms with E-state index in [4.69, 9.17) is 4.74 Å². The van der Waals surface area contributed by atoms with E-state index in [0.717, 1.165) is 39.8 Å². The molecule has 0 fully saturated rings. The lowest BCUT2D eigenvalue weighted by molar-refractivity contribution is 0.0701. The fraction of sp³-hybridized carbons (Fsp3) is 0.294. The molecule has 0 unspecified atom stereocenters. The Balaban J connectivity index is 2.12. The molecule has 0 aliphatic rings. The SMILES string of the molecule is CCOc1ccc(-c2nc3sc(C(=O)O)c(C)n3c2CC)cc1. The van der Waals surface area contributed by atoms with E-state index < -0.39 is 5.97 Å². The standard InChI is InChI=1S/C17H18N2O3S/c1-4-13-14(11-6-8-12(9-7-11)22-5-2)18-17-19(13)10(3)15(23-17)16(20)21/h6-9H,4-5H2,1-3H3,(H,20,21). The van der Waals surface area contributed by atoms with Gasteiger partial charge in [-0.3, -0.25) is 4.40 Å².